The SMILES string of the molecule is Cc1cc(S(=O)(=O)N2CCCC(c3[nH]ncc3C)C2)c(C)cc1Cl. The highest BCUT2D eigenvalue weighted by Gasteiger charge is 2.33. The zero-order chi connectivity index (χ0) is 17.5. The van der Waals surface area contributed by atoms with Crippen LogP contribution >= 0.6 is 11.6 Å². The van der Waals surface area contributed by atoms with Gasteiger partial charge >= 0.3 is 0 Å². The van der Waals surface area contributed by atoms with Crippen molar-refractivity contribution in [2.24, 2.45) is 0 Å². The Morgan fingerprint density at radius 2 is 1.96 bits per heavy atom. The van der Waals surface area contributed by atoms with Crippen LogP contribution in [0.5, 0.6) is 0 Å². The van der Waals surface area contributed by atoms with Crippen LogP contribution in [0.4, 0.5) is 0 Å². The van der Waals surface area contributed by atoms with Crippen molar-refractivity contribution >= 4 is 21.6 Å². The molecule has 5 nitrogen and oxygen atoms in total. The predicted molar refractivity (Wildman–Crippen MR) is 95.0 cm³/mol. The summed E-state index contributed by atoms with van der Waals surface area (Å²) in [6, 6.07) is 3.41. The highest BCUT2D eigenvalue weighted by molar-refractivity contribution is 7.89. The molecular weight excluding hydrogens is 346 g/mol. The molecule has 1 unspecified atom stereocenters. The topological polar surface area (TPSA) is 66.1 Å². The summed E-state index contributed by atoms with van der Waals surface area (Å²) < 4.78 is 27.9. The zero-order valence-corrected chi connectivity index (χ0v) is 15.7. The van der Waals surface area contributed by atoms with E-state index in [1.165, 1.54) is 0 Å². The molecule has 2 heterocycles. The second-order valence-corrected chi connectivity index (χ2v) is 8.85. The Balaban J connectivity index is 1.93. The van der Waals surface area contributed by atoms with Gasteiger partial charge in [-0.05, 0) is 62.4 Å². The van der Waals surface area contributed by atoms with Gasteiger partial charge in [0, 0.05) is 29.7 Å². The van der Waals surface area contributed by atoms with E-state index in [0.29, 0.717) is 28.6 Å². The Hall–Kier alpha value is -1.37. The van der Waals surface area contributed by atoms with Gasteiger partial charge in [0.05, 0.1) is 11.1 Å². The van der Waals surface area contributed by atoms with Crippen LogP contribution in [0.3, 0.4) is 0 Å². The monoisotopic (exact) mass is 367 g/mol. The average Bonchev–Trinajstić information content (AvgIpc) is 2.97. The summed E-state index contributed by atoms with van der Waals surface area (Å²) in [6.45, 7) is 6.64. The van der Waals surface area contributed by atoms with Gasteiger partial charge in [-0.15, -0.1) is 0 Å². The first kappa shape index (κ1) is 17.5. The van der Waals surface area contributed by atoms with Gasteiger partial charge in [-0.1, -0.05) is 11.6 Å². The van der Waals surface area contributed by atoms with E-state index in [0.717, 1.165) is 29.7 Å². The molecule has 0 amide bonds. The molecule has 3 rings (SSSR count). The highest BCUT2D eigenvalue weighted by Crippen LogP contribution is 2.32. The number of hydrogen-bond acceptors (Lipinski definition) is 3. The number of hydrogen-bond donors (Lipinski definition) is 1. The molecule has 0 spiro atoms. The highest BCUT2D eigenvalue weighted by atomic mass is 35.5. The smallest absolute Gasteiger partial charge is 0.243 e. The molecule has 1 aromatic heterocycles. The van der Waals surface area contributed by atoms with Crippen molar-refractivity contribution < 1.29 is 8.42 Å². The van der Waals surface area contributed by atoms with Gasteiger partial charge in [0.1, 0.15) is 0 Å². The molecule has 24 heavy (non-hydrogen) atoms. The summed E-state index contributed by atoms with van der Waals surface area (Å²) in [6.07, 6.45) is 3.59. The maximum atomic E-state index is 13.1. The fraction of sp³-hybridized carbons (Fsp3) is 0.471. The number of nitrogens with zero attached hydrogens (tertiary/aromatic N) is 2. The number of aromatic amines is 1. The second kappa shape index (κ2) is 6.50. The average molecular weight is 368 g/mol. The zero-order valence-electron chi connectivity index (χ0n) is 14.1. The van der Waals surface area contributed by atoms with Crippen LogP contribution in [-0.4, -0.2) is 36.0 Å². The van der Waals surface area contributed by atoms with Crippen molar-refractivity contribution in [2.45, 2.75) is 44.4 Å². The van der Waals surface area contributed by atoms with Crippen molar-refractivity contribution in [3.8, 4) is 0 Å². The lowest BCUT2D eigenvalue weighted by Gasteiger charge is -2.32. The minimum absolute atomic E-state index is 0.157. The van der Waals surface area contributed by atoms with E-state index in [9.17, 15) is 8.42 Å². The predicted octanol–water partition coefficient (Wildman–Crippen LogP) is 3.56. The lowest BCUT2D eigenvalue weighted by atomic mass is 9.94. The summed E-state index contributed by atoms with van der Waals surface area (Å²) >= 11 is 6.11. The number of halogens is 1. The number of rotatable bonds is 3. The number of H-pyrrole nitrogens is 1. The van der Waals surface area contributed by atoms with Crippen molar-refractivity contribution in [2.75, 3.05) is 13.1 Å². The maximum absolute atomic E-state index is 13.1. The molecule has 1 saturated heterocycles. The van der Waals surface area contributed by atoms with Gasteiger partial charge < -0.3 is 0 Å². The molecule has 1 atom stereocenters. The van der Waals surface area contributed by atoms with Gasteiger partial charge in [0.2, 0.25) is 10.0 Å². The summed E-state index contributed by atoms with van der Waals surface area (Å²) in [4.78, 5) is 0.353. The van der Waals surface area contributed by atoms with Crippen molar-refractivity contribution in [1.29, 1.82) is 0 Å². The molecule has 0 radical (unpaired) electrons. The minimum Gasteiger partial charge on any atom is -0.282 e. The molecule has 2 aromatic rings. The summed E-state index contributed by atoms with van der Waals surface area (Å²) in [7, 11) is -3.53. The molecule has 0 saturated carbocycles. The number of aromatic nitrogens is 2. The Bertz CT molecular complexity index is 861. The number of sulfonamides is 1. The molecule has 1 aliphatic heterocycles. The third-order valence-corrected chi connectivity index (χ3v) is 7.15. The minimum atomic E-state index is -3.53. The molecule has 1 N–H and O–H groups in total. The van der Waals surface area contributed by atoms with Gasteiger partial charge in [-0.2, -0.15) is 9.40 Å². The molecule has 7 heteroatoms. The number of benzene rings is 1. The molecule has 1 fully saturated rings. The third kappa shape index (κ3) is 3.10. The lowest BCUT2D eigenvalue weighted by Crippen LogP contribution is -2.39. The normalized spacial score (nSPS) is 19.6. The van der Waals surface area contributed by atoms with E-state index in [4.69, 9.17) is 11.6 Å². The number of aryl methyl sites for hydroxylation is 3. The van der Waals surface area contributed by atoms with E-state index in [-0.39, 0.29) is 5.92 Å². The van der Waals surface area contributed by atoms with Crippen LogP contribution in [0.1, 0.15) is 41.1 Å². The third-order valence-electron chi connectivity index (χ3n) is 4.73. The quantitative estimate of drug-likeness (QED) is 0.901. The summed E-state index contributed by atoms with van der Waals surface area (Å²) in [5.41, 5.74) is 3.58. The van der Waals surface area contributed by atoms with Crippen LogP contribution in [0.2, 0.25) is 5.02 Å². The van der Waals surface area contributed by atoms with E-state index in [1.807, 2.05) is 13.8 Å². The van der Waals surface area contributed by atoms with Crippen LogP contribution in [-0.2, 0) is 10.0 Å². The number of piperidine rings is 1. The summed E-state index contributed by atoms with van der Waals surface area (Å²) in [5, 5.41) is 7.69. The Morgan fingerprint density at radius 3 is 2.62 bits per heavy atom. The largest absolute Gasteiger partial charge is 0.282 e. The fourth-order valence-corrected chi connectivity index (χ4v) is 5.37. The van der Waals surface area contributed by atoms with Crippen LogP contribution in [0.25, 0.3) is 0 Å². The van der Waals surface area contributed by atoms with Crippen LogP contribution in [0.15, 0.2) is 23.2 Å². The Kier molecular flexibility index (Phi) is 4.73. The molecule has 1 aliphatic rings. The van der Waals surface area contributed by atoms with Gasteiger partial charge in [-0.3, -0.25) is 5.10 Å². The van der Waals surface area contributed by atoms with Gasteiger partial charge in [0.15, 0.2) is 0 Å². The van der Waals surface area contributed by atoms with Gasteiger partial charge in [-0.25, -0.2) is 8.42 Å². The van der Waals surface area contributed by atoms with E-state index in [2.05, 4.69) is 10.2 Å². The second-order valence-electron chi connectivity index (χ2n) is 6.54. The first-order valence-corrected chi connectivity index (χ1v) is 9.89. The maximum Gasteiger partial charge on any atom is 0.243 e. The van der Waals surface area contributed by atoms with E-state index in [1.54, 1.807) is 29.6 Å². The van der Waals surface area contributed by atoms with Crippen molar-refractivity contribution in [3.05, 3.63) is 45.7 Å². The summed E-state index contributed by atoms with van der Waals surface area (Å²) in [5.74, 6) is 0.157. The Labute approximate surface area is 148 Å². The first-order valence-electron chi connectivity index (χ1n) is 8.07. The number of nitrogens with one attached hydrogen (secondary N) is 1. The lowest BCUT2D eigenvalue weighted by molar-refractivity contribution is 0.312. The first-order chi connectivity index (χ1) is 11.3. The van der Waals surface area contributed by atoms with E-state index >= 15 is 0 Å². The Morgan fingerprint density at radius 1 is 1.21 bits per heavy atom. The molecule has 1 aromatic carbocycles. The van der Waals surface area contributed by atoms with Crippen LogP contribution < -0.4 is 0 Å². The standard InChI is InChI=1S/C17H22ClN3O2S/c1-11-8-16(12(2)7-15(11)18)24(22,23)21-6-4-5-14(10-21)17-13(3)9-19-20-17/h7-9,14H,4-6,10H2,1-3H3,(H,19,20). The van der Waals surface area contributed by atoms with E-state index < -0.39 is 10.0 Å². The molecular formula is C17H22ClN3O2S. The van der Waals surface area contributed by atoms with Crippen molar-refractivity contribution in [3.63, 3.8) is 0 Å². The van der Waals surface area contributed by atoms with Gasteiger partial charge in [0.25, 0.3) is 0 Å². The van der Waals surface area contributed by atoms with Crippen LogP contribution in [0, 0.1) is 20.8 Å². The van der Waals surface area contributed by atoms with Crippen molar-refractivity contribution in [1.82, 2.24) is 14.5 Å². The molecule has 0 aliphatic carbocycles. The fourth-order valence-electron chi connectivity index (χ4n) is 3.34. The molecule has 130 valence electrons. The molecule has 0 bridgehead atoms.